The molecule has 0 saturated carbocycles. The van der Waals surface area contributed by atoms with Crippen LogP contribution in [0.25, 0.3) is 0 Å². The number of carbonyl (C=O) groups is 2. The maximum atomic E-state index is 14.4. The summed E-state index contributed by atoms with van der Waals surface area (Å²) in [5.74, 6) is -3.67. The first-order chi connectivity index (χ1) is 22.4. The van der Waals surface area contributed by atoms with Crippen LogP contribution in [0, 0.1) is 11.6 Å². The van der Waals surface area contributed by atoms with E-state index >= 15 is 0 Å². The Morgan fingerprint density at radius 1 is 0.936 bits per heavy atom. The molecule has 3 atom stereocenters. The molecular weight excluding hydrogens is 626 g/mol. The quantitative estimate of drug-likeness (QED) is 0.182. The molecule has 256 valence electrons. The van der Waals surface area contributed by atoms with Crippen LogP contribution in [0.3, 0.4) is 0 Å². The first-order valence-corrected chi connectivity index (χ1v) is 17.8. The highest BCUT2D eigenvalue weighted by Crippen LogP contribution is 2.19. The first kappa shape index (κ1) is 37.7. The molecule has 0 aliphatic carbocycles. The van der Waals surface area contributed by atoms with Gasteiger partial charge in [-0.3, -0.25) is 14.6 Å². The molecule has 12 heteroatoms. The van der Waals surface area contributed by atoms with Crippen LogP contribution >= 0.6 is 0 Å². The molecule has 1 aromatic heterocycles. The third kappa shape index (κ3) is 11.5. The number of amides is 2. The molecule has 2 aromatic carbocycles. The number of nitrogens with one attached hydrogen (secondary N) is 1. The van der Waals surface area contributed by atoms with Crippen molar-refractivity contribution in [3.05, 3.63) is 101 Å². The van der Waals surface area contributed by atoms with Crippen LogP contribution in [-0.2, 0) is 34.0 Å². The molecular formula is C35H46F2N4O5S. The molecule has 1 unspecified atom stereocenters. The number of benzene rings is 2. The molecule has 0 fully saturated rings. The smallest absolute Gasteiger partial charge is 0.270 e. The lowest BCUT2D eigenvalue weighted by molar-refractivity contribution is -0.135. The van der Waals surface area contributed by atoms with Gasteiger partial charge in [-0.25, -0.2) is 17.2 Å². The number of carbonyl (C=O) groups excluding carboxylic acids is 2. The maximum absolute atomic E-state index is 14.4. The number of aryl methyl sites for hydroxylation is 1. The van der Waals surface area contributed by atoms with Gasteiger partial charge in [0.25, 0.3) is 5.91 Å². The van der Waals surface area contributed by atoms with Gasteiger partial charge in [0.05, 0.1) is 17.1 Å². The Balaban J connectivity index is 1.98. The van der Waals surface area contributed by atoms with Gasteiger partial charge >= 0.3 is 0 Å². The van der Waals surface area contributed by atoms with E-state index < -0.39 is 62.5 Å². The second-order valence-electron chi connectivity index (χ2n) is 11.9. The van der Waals surface area contributed by atoms with Crippen LogP contribution in [0.2, 0.25) is 0 Å². The van der Waals surface area contributed by atoms with Crippen molar-refractivity contribution in [3.63, 3.8) is 0 Å². The fourth-order valence-corrected chi connectivity index (χ4v) is 7.69. The van der Waals surface area contributed by atoms with Gasteiger partial charge in [0.15, 0.2) is 9.84 Å². The number of aliphatic hydroxyl groups excluding tert-OH is 1. The van der Waals surface area contributed by atoms with Crippen molar-refractivity contribution in [2.24, 2.45) is 5.73 Å². The lowest BCUT2D eigenvalue weighted by Crippen LogP contribution is -2.55. The molecule has 9 nitrogen and oxygen atoms in total. The minimum absolute atomic E-state index is 0.00736. The Hall–Kier alpha value is -3.74. The fourth-order valence-electron chi connectivity index (χ4n) is 5.54. The van der Waals surface area contributed by atoms with Gasteiger partial charge in [-0.15, -0.1) is 0 Å². The van der Waals surface area contributed by atoms with E-state index in [0.29, 0.717) is 25.7 Å². The Morgan fingerprint density at radius 3 is 2.19 bits per heavy atom. The van der Waals surface area contributed by atoms with Gasteiger partial charge in [0.2, 0.25) is 5.91 Å². The van der Waals surface area contributed by atoms with Crippen LogP contribution in [-0.4, -0.2) is 71.0 Å². The minimum atomic E-state index is -3.87. The van der Waals surface area contributed by atoms with Crippen molar-refractivity contribution in [2.75, 3.05) is 12.3 Å². The summed E-state index contributed by atoms with van der Waals surface area (Å²) in [6.07, 6.45) is 2.76. The largest absolute Gasteiger partial charge is 0.390 e. The monoisotopic (exact) mass is 672 g/mol. The number of pyridine rings is 1. The zero-order valence-electron chi connectivity index (χ0n) is 27.2. The SMILES string of the molecule is CCCC(CCC)S(=O)(=O)CC(NC(=O)c1ccccn1)C(=O)N(Cc1cccc(CC)c1)C[C@@H](O)[C@@H](N)Cc1cc(F)cc(F)c1. The average molecular weight is 673 g/mol. The molecule has 0 bridgehead atoms. The van der Waals surface area contributed by atoms with Crippen molar-refractivity contribution >= 4 is 21.7 Å². The molecule has 47 heavy (non-hydrogen) atoms. The summed E-state index contributed by atoms with van der Waals surface area (Å²) in [6.45, 7) is 5.40. The van der Waals surface area contributed by atoms with E-state index in [2.05, 4.69) is 10.3 Å². The Kier molecular flexibility index (Phi) is 14.4. The van der Waals surface area contributed by atoms with Crippen LogP contribution in [0.4, 0.5) is 8.78 Å². The minimum Gasteiger partial charge on any atom is -0.390 e. The number of aliphatic hydroxyl groups is 1. The highest BCUT2D eigenvalue weighted by molar-refractivity contribution is 7.92. The predicted octanol–water partition coefficient (Wildman–Crippen LogP) is 4.36. The predicted molar refractivity (Wildman–Crippen MR) is 178 cm³/mol. The van der Waals surface area contributed by atoms with E-state index in [0.717, 1.165) is 35.7 Å². The van der Waals surface area contributed by atoms with Gasteiger partial charge in [-0.2, -0.15) is 0 Å². The van der Waals surface area contributed by atoms with Crippen LogP contribution in [0.5, 0.6) is 0 Å². The normalized spacial score (nSPS) is 13.6. The molecule has 1 heterocycles. The van der Waals surface area contributed by atoms with Crippen molar-refractivity contribution < 1.29 is 31.9 Å². The number of nitrogens with zero attached hydrogens (tertiary/aromatic N) is 2. The van der Waals surface area contributed by atoms with E-state index in [4.69, 9.17) is 5.73 Å². The summed E-state index contributed by atoms with van der Waals surface area (Å²) >= 11 is 0. The molecule has 0 radical (unpaired) electrons. The number of halogens is 2. The van der Waals surface area contributed by atoms with Gasteiger partial charge in [-0.1, -0.05) is 63.9 Å². The summed E-state index contributed by atoms with van der Waals surface area (Å²) in [6, 6.07) is 12.6. The van der Waals surface area contributed by atoms with E-state index in [1.54, 1.807) is 18.2 Å². The standard InChI is InChI=1S/C35H46F2N4O5S/c1-4-10-29(11-5-2)47(45,46)23-32(40-34(43)31-14-7-8-15-39-31)35(44)41(21-25-13-9-12-24(6-3)16-25)22-33(42)30(38)19-26-17-27(36)20-28(37)18-26/h7-9,12-18,20,29-30,32-33,42H,4-6,10-11,19,21-23,38H2,1-3H3,(H,40,43)/t30-,32?,33+/m0/s1. The molecule has 3 rings (SSSR count). The van der Waals surface area contributed by atoms with Crippen LogP contribution in [0.15, 0.2) is 66.9 Å². The summed E-state index contributed by atoms with van der Waals surface area (Å²) in [5, 5.41) is 13.1. The zero-order chi connectivity index (χ0) is 34.6. The number of hydrogen-bond donors (Lipinski definition) is 3. The highest BCUT2D eigenvalue weighted by atomic mass is 32.2. The third-order valence-electron chi connectivity index (χ3n) is 8.01. The van der Waals surface area contributed by atoms with Crippen molar-refractivity contribution in [2.45, 2.75) is 89.3 Å². The van der Waals surface area contributed by atoms with Crippen molar-refractivity contribution in [3.8, 4) is 0 Å². The molecule has 0 aliphatic rings. The number of aromatic nitrogens is 1. The Bertz CT molecular complexity index is 1550. The summed E-state index contributed by atoms with van der Waals surface area (Å²) in [5.41, 5.74) is 8.23. The van der Waals surface area contributed by atoms with E-state index in [-0.39, 0.29) is 30.8 Å². The number of sulfone groups is 1. The molecule has 3 aromatic rings. The Labute approximate surface area is 276 Å². The van der Waals surface area contributed by atoms with Crippen molar-refractivity contribution in [1.82, 2.24) is 15.2 Å². The van der Waals surface area contributed by atoms with Crippen LogP contribution in [0.1, 0.15) is 73.6 Å². The highest BCUT2D eigenvalue weighted by Gasteiger charge is 2.36. The lowest BCUT2D eigenvalue weighted by Gasteiger charge is -2.32. The second-order valence-corrected chi connectivity index (χ2v) is 14.2. The molecule has 0 aliphatic heterocycles. The Morgan fingerprint density at radius 2 is 1.60 bits per heavy atom. The van der Waals surface area contributed by atoms with Crippen molar-refractivity contribution in [1.29, 1.82) is 0 Å². The fraction of sp³-hybridized carbons (Fsp3) is 0.457. The van der Waals surface area contributed by atoms with Gasteiger partial charge in [0.1, 0.15) is 23.4 Å². The maximum Gasteiger partial charge on any atom is 0.270 e. The third-order valence-corrected chi connectivity index (χ3v) is 10.3. The van der Waals surface area contributed by atoms with Gasteiger partial charge in [-0.05, 0) is 66.6 Å². The van der Waals surface area contributed by atoms with E-state index in [1.165, 1.54) is 17.2 Å². The molecule has 4 N–H and O–H groups in total. The first-order valence-electron chi connectivity index (χ1n) is 16.0. The number of hydrogen-bond acceptors (Lipinski definition) is 7. The zero-order valence-corrected chi connectivity index (χ0v) is 28.1. The number of nitrogens with two attached hydrogens (primary N) is 1. The lowest BCUT2D eigenvalue weighted by atomic mass is 10.0. The molecule has 0 spiro atoms. The van der Waals surface area contributed by atoms with Gasteiger partial charge < -0.3 is 21.1 Å². The van der Waals surface area contributed by atoms with Crippen LogP contribution < -0.4 is 11.1 Å². The average Bonchev–Trinajstić information content (AvgIpc) is 3.03. The summed E-state index contributed by atoms with van der Waals surface area (Å²) in [7, 11) is -3.87. The van der Waals surface area contributed by atoms with E-state index in [9.17, 15) is 31.9 Å². The van der Waals surface area contributed by atoms with Gasteiger partial charge in [0, 0.05) is 31.4 Å². The summed E-state index contributed by atoms with van der Waals surface area (Å²) in [4.78, 5) is 32.9. The molecule has 2 amide bonds. The topological polar surface area (TPSA) is 143 Å². The molecule has 0 saturated heterocycles. The summed E-state index contributed by atoms with van der Waals surface area (Å²) < 4.78 is 55.1. The van der Waals surface area contributed by atoms with E-state index in [1.807, 2.05) is 39.0 Å². The number of rotatable bonds is 18. The second kappa shape index (κ2) is 18.0.